The van der Waals surface area contributed by atoms with Crippen molar-refractivity contribution < 1.29 is 17.9 Å². The van der Waals surface area contributed by atoms with Crippen LogP contribution in [-0.4, -0.2) is 27.5 Å². The third-order valence-corrected chi connectivity index (χ3v) is 5.85. The number of ether oxygens (including phenoxy) is 1. The Morgan fingerprint density at radius 1 is 1.11 bits per heavy atom. The Labute approximate surface area is 160 Å². The first-order valence-corrected chi connectivity index (χ1v) is 10.3. The van der Waals surface area contributed by atoms with E-state index in [1.165, 1.54) is 17.7 Å². The van der Waals surface area contributed by atoms with E-state index in [2.05, 4.69) is 30.8 Å². The molecule has 0 unspecified atom stereocenters. The van der Waals surface area contributed by atoms with E-state index in [9.17, 15) is 13.2 Å². The van der Waals surface area contributed by atoms with Gasteiger partial charge < -0.3 is 10.1 Å². The van der Waals surface area contributed by atoms with Gasteiger partial charge in [0.25, 0.3) is 0 Å². The summed E-state index contributed by atoms with van der Waals surface area (Å²) in [5.74, 6) is 0.572. The molecule has 2 aromatic carbocycles. The third-order valence-electron chi connectivity index (χ3n) is 4.40. The molecular weight excluding hydrogens is 364 g/mol. The van der Waals surface area contributed by atoms with Crippen molar-refractivity contribution >= 4 is 21.6 Å². The Morgan fingerprint density at radius 2 is 1.81 bits per heavy atom. The van der Waals surface area contributed by atoms with Crippen LogP contribution >= 0.6 is 0 Å². The number of carbonyl (C=O) groups excluding carboxylic acids is 1. The van der Waals surface area contributed by atoms with Gasteiger partial charge in [0.15, 0.2) is 0 Å². The first-order chi connectivity index (χ1) is 12.6. The van der Waals surface area contributed by atoms with Crippen LogP contribution in [-0.2, 0) is 26.7 Å². The smallest absolute Gasteiger partial charge is 0.240 e. The summed E-state index contributed by atoms with van der Waals surface area (Å²) < 4.78 is 33.0. The van der Waals surface area contributed by atoms with Crippen molar-refractivity contribution in [3.63, 3.8) is 0 Å². The van der Waals surface area contributed by atoms with E-state index in [1.807, 2.05) is 24.3 Å². The average Bonchev–Trinajstić information content (AvgIpc) is 2.97. The molecule has 0 bridgehead atoms. The summed E-state index contributed by atoms with van der Waals surface area (Å²) in [6.07, 6.45) is 0.201. The maximum atomic E-state index is 12.4. The molecule has 1 aliphatic rings. The monoisotopic (exact) mass is 388 g/mol. The van der Waals surface area contributed by atoms with Crippen LogP contribution in [0, 0.1) is 0 Å². The minimum absolute atomic E-state index is 0.0736. The summed E-state index contributed by atoms with van der Waals surface area (Å²) in [6.45, 7) is 6.80. The van der Waals surface area contributed by atoms with Gasteiger partial charge in [0, 0.05) is 12.2 Å². The topological polar surface area (TPSA) is 84.5 Å². The van der Waals surface area contributed by atoms with Crippen LogP contribution in [0.2, 0.25) is 0 Å². The highest BCUT2D eigenvalue weighted by Gasteiger charge is 2.21. The number of amides is 1. The van der Waals surface area contributed by atoms with Crippen molar-refractivity contribution in [3.8, 4) is 5.75 Å². The van der Waals surface area contributed by atoms with Gasteiger partial charge in [0.1, 0.15) is 12.4 Å². The zero-order valence-corrected chi connectivity index (χ0v) is 16.5. The molecule has 1 aliphatic heterocycles. The number of anilines is 1. The molecule has 144 valence electrons. The van der Waals surface area contributed by atoms with Gasteiger partial charge in [-0.15, -0.1) is 0 Å². The highest BCUT2D eigenvalue weighted by molar-refractivity contribution is 7.89. The lowest BCUT2D eigenvalue weighted by atomic mass is 9.87. The molecule has 0 fully saturated rings. The second-order valence-electron chi connectivity index (χ2n) is 7.56. The number of hydrogen-bond donors (Lipinski definition) is 2. The molecule has 0 radical (unpaired) electrons. The molecule has 0 atom stereocenters. The number of hydrogen-bond acceptors (Lipinski definition) is 4. The summed E-state index contributed by atoms with van der Waals surface area (Å²) in [7, 11) is -3.65. The van der Waals surface area contributed by atoms with Gasteiger partial charge in [-0.1, -0.05) is 32.9 Å². The molecule has 1 heterocycles. The second-order valence-corrected chi connectivity index (χ2v) is 9.33. The van der Waals surface area contributed by atoms with Crippen molar-refractivity contribution in [1.82, 2.24) is 4.72 Å². The van der Waals surface area contributed by atoms with Crippen LogP contribution in [0.3, 0.4) is 0 Å². The molecule has 0 saturated carbocycles. The van der Waals surface area contributed by atoms with Gasteiger partial charge in [-0.25, -0.2) is 13.1 Å². The van der Waals surface area contributed by atoms with Crippen molar-refractivity contribution in [1.29, 1.82) is 0 Å². The summed E-state index contributed by atoms with van der Waals surface area (Å²) >= 11 is 0. The maximum absolute atomic E-state index is 12.4. The van der Waals surface area contributed by atoms with Gasteiger partial charge in [-0.2, -0.15) is 0 Å². The average molecular weight is 388 g/mol. The minimum Gasteiger partial charge on any atom is -0.492 e. The molecular formula is C20H24N2O4S. The lowest BCUT2D eigenvalue weighted by Gasteiger charge is -2.19. The van der Waals surface area contributed by atoms with Gasteiger partial charge in [0.05, 0.1) is 11.3 Å². The van der Waals surface area contributed by atoms with Gasteiger partial charge in [-0.05, 0) is 46.9 Å². The zero-order valence-electron chi connectivity index (χ0n) is 15.7. The van der Waals surface area contributed by atoms with Gasteiger partial charge in [-0.3, -0.25) is 4.79 Å². The maximum Gasteiger partial charge on any atom is 0.240 e. The fourth-order valence-corrected chi connectivity index (χ4v) is 3.92. The Bertz CT molecular complexity index is 945. The Kier molecular flexibility index (Phi) is 5.26. The van der Waals surface area contributed by atoms with Crippen LogP contribution in [0.5, 0.6) is 5.75 Å². The van der Waals surface area contributed by atoms with Gasteiger partial charge >= 0.3 is 0 Å². The Morgan fingerprint density at radius 3 is 2.48 bits per heavy atom. The molecule has 7 heteroatoms. The molecule has 2 aromatic rings. The van der Waals surface area contributed by atoms with Crippen molar-refractivity contribution in [2.45, 2.75) is 37.5 Å². The minimum atomic E-state index is -3.65. The van der Waals surface area contributed by atoms with Crippen LogP contribution < -0.4 is 14.8 Å². The zero-order chi connectivity index (χ0) is 19.7. The lowest BCUT2D eigenvalue weighted by molar-refractivity contribution is -0.115. The Hall–Kier alpha value is -2.38. The molecule has 0 aromatic heterocycles. The summed E-state index contributed by atoms with van der Waals surface area (Å²) in [5.41, 5.74) is 2.64. The predicted octanol–water partition coefficient (Wildman–Crippen LogP) is 2.84. The predicted molar refractivity (Wildman–Crippen MR) is 105 cm³/mol. The van der Waals surface area contributed by atoms with E-state index >= 15 is 0 Å². The molecule has 3 rings (SSSR count). The van der Waals surface area contributed by atoms with Crippen molar-refractivity contribution in [2.24, 2.45) is 0 Å². The second kappa shape index (κ2) is 7.32. The lowest BCUT2D eigenvalue weighted by Crippen LogP contribution is -2.28. The van der Waals surface area contributed by atoms with E-state index in [0.29, 0.717) is 17.0 Å². The number of rotatable bonds is 6. The highest BCUT2D eigenvalue weighted by Crippen LogP contribution is 2.26. The fraction of sp³-hybridized carbons (Fsp3) is 0.350. The quantitative estimate of drug-likeness (QED) is 0.746. The van der Waals surface area contributed by atoms with E-state index in [-0.39, 0.29) is 35.8 Å². The Balaban J connectivity index is 1.54. The van der Waals surface area contributed by atoms with Gasteiger partial charge in [0.2, 0.25) is 15.9 Å². The summed E-state index contributed by atoms with van der Waals surface area (Å²) in [5, 5.41) is 2.69. The molecule has 0 saturated heterocycles. The number of nitrogens with one attached hydrogen (secondary N) is 2. The summed E-state index contributed by atoms with van der Waals surface area (Å²) in [4.78, 5) is 11.5. The molecule has 0 spiro atoms. The molecule has 2 N–H and O–H groups in total. The third kappa shape index (κ3) is 4.67. The number of fused-ring (bicyclic) bond motifs is 1. The normalized spacial score (nSPS) is 14.0. The SMILES string of the molecule is CC(C)(C)c1ccc(OCCNS(=O)(=O)c2ccc3c(c2)CC(=O)N3)cc1. The standard InChI is InChI=1S/C20H24N2O4S/c1-20(2,3)15-4-6-16(7-5-15)26-11-10-21-27(24,25)17-8-9-18-14(12-17)13-19(23)22-18/h4-9,12,21H,10-11,13H2,1-3H3,(H,22,23). The van der Waals surface area contributed by atoms with E-state index < -0.39 is 10.0 Å². The van der Waals surface area contributed by atoms with Crippen LogP contribution in [0.4, 0.5) is 5.69 Å². The summed E-state index contributed by atoms with van der Waals surface area (Å²) in [6, 6.07) is 12.4. The van der Waals surface area contributed by atoms with E-state index in [4.69, 9.17) is 4.74 Å². The fourth-order valence-electron chi connectivity index (χ4n) is 2.85. The highest BCUT2D eigenvalue weighted by atomic mass is 32.2. The first kappa shape index (κ1) is 19.4. The number of sulfonamides is 1. The van der Waals surface area contributed by atoms with Crippen LogP contribution in [0.1, 0.15) is 31.9 Å². The number of carbonyl (C=O) groups is 1. The molecule has 1 amide bonds. The van der Waals surface area contributed by atoms with Crippen molar-refractivity contribution in [3.05, 3.63) is 53.6 Å². The largest absolute Gasteiger partial charge is 0.492 e. The molecule has 0 aliphatic carbocycles. The molecule has 6 nitrogen and oxygen atoms in total. The van der Waals surface area contributed by atoms with E-state index in [0.717, 1.165) is 0 Å². The molecule has 27 heavy (non-hydrogen) atoms. The first-order valence-electron chi connectivity index (χ1n) is 8.81. The van der Waals surface area contributed by atoms with E-state index in [1.54, 1.807) is 6.07 Å². The van der Waals surface area contributed by atoms with Crippen LogP contribution in [0.25, 0.3) is 0 Å². The van der Waals surface area contributed by atoms with Crippen molar-refractivity contribution in [2.75, 3.05) is 18.5 Å². The van der Waals surface area contributed by atoms with Crippen LogP contribution in [0.15, 0.2) is 47.4 Å². The number of benzene rings is 2.